The van der Waals surface area contributed by atoms with E-state index in [0.717, 1.165) is 182 Å². The van der Waals surface area contributed by atoms with Gasteiger partial charge in [-0.3, -0.25) is 76.7 Å². The van der Waals surface area contributed by atoms with Crippen LogP contribution in [0.4, 0.5) is 0 Å². The van der Waals surface area contributed by atoms with Crippen LogP contribution in [0.1, 0.15) is 207 Å². The Kier molecular flexibility index (Phi) is 184. The second kappa shape index (κ2) is 127. The molecule has 0 unspecified atom stereocenters. The smallest absolute Gasteiger partial charge is 0.545 e. The Bertz CT molecular complexity index is 3300. The van der Waals surface area contributed by atoms with E-state index in [-0.39, 0.29) is 192 Å². The van der Waals surface area contributed by atoms with Gasteiger partial charge in [0.2, 0.25) is 25.6 Å². The topological polar surface area (TPSA) is 1200 Å². The minimum atomic E-state index is -1.68. The van der Waals surface area contributed by atoms with E-state index in [2.05, 4.69) is 0 Å². The summed E-state index contributed by atoms with van der Waals surface area (Å²) in [5.74, 6) is -30.2. The number of nitrogens with zero attached hydrogens (tertiary/aromatic N) is 4. The van der Waals surface area contributed by atoms with Gasteiger partial charge in [-0.15, -0.1) is 0 Å². The molecule has 24 N–H and O–H groups in total. The van der Waals surface area contributed by atoms with Crippen molar-refractivity contribution in [1.82, 2.24) is 19.6 Å². The maximum atomic E-state index is 10.4. The van der Waals surface area contributed by atoms with E-state index >= 15 is 0 Å². The first-order valence-electron chi connectivity index (χ1n) is 31.5. The summed E-state index contributed by atoms with van der Waals surface area (Å²) in [7, 11) is 13.5. The number of benzene rings is 4. The van der Waals surface area contributed by atoms with Gasteiger partial charge in [0, 0.05) is 271 Å². The van der Waals surface area contributed by atoms with Crippen molar-refractivity contribution in [3.05, 3.63) is 140 Å². The van der Waals surface area contributed by atoms with Gasteiger partial charge in [-0.05, 0) is 140 Å². The molecule has 0 saturated heterocycles. The summed E-state index contributed by atoms with van der Waals surface area (Å²) in [4.78, 5) is 276. The van der Waals surface area contributed by atoms with E-state index in [4.69, 9.17) is 119 Å². The Morgan fingerprint density at radius 1 is 0.180 bits per heavy atom. The van der Waals surface area contributed by atoms with Crippen LogP contribution in [-0.2, 0) is 159 Å². The summed E-state index contributed by atoms with van der Waals surface area (Å²) in [5, 5.41) is 214. The fraction of sp³-hybridized carbons (Fsp3) is 0.278. The summed E-state index contributed by atoms with van der Waals surface area (Å²) in [6.07, 6.45) is 3.00. The van der Waals surface area contributed by atoms with Gasteiger partial charge in [0.05, 0.1) is 71.6 Å². The zero-order valence-electron chi connectivity index (χ0n) is 76.5. The molecule has 2 radical (unpaired) electrons. The molecule has 4 rings (SSSR count). The van der Waals surface area contributed by atoms with Crippen LogP contribution < -0.4 is 61.3 Å². The van der Waals surface area contributed by atoms with Crippen molar-refractivity contribution in [2.75, 3.05) is 56.4 Å². The van der Waals surface area contributed by atoms with Gasteiger partial charge in [-0.25, -0.2) is 0 Å². The Hall–Kier alpha value is -12.9. The molecule has 139 heavy (non-hydrogen) atoms. The molecule has 790 valence electrons. The number of hydrogen-bond acceptors (Lipinski definition) is 40. The number of aromatic carboxylic acids is 12. The summed E-state index contributed by atoms with van der Waals surface area (Å²) < 4.78 is 0. The van der Waals surface area contributed by atoms with Crippen LogP contribution in [0.5, 0.6) is 0 Å². The van der Waals surface area contributed by atoms with E-state index in [1.165, 1.54) is 19.6 Å². The van der Waals surface area contributed by atoms with Crippen molar-refractivity contribution in [3.63, 3.8) is 0 Å². The average molecular weight is 2600 g/mol. The Labute approximate surface area is 907 Å². The Balaban J connectivity index is -0.0000000390. The monoisotopic (exact) mass is 2610 g/mol. The molecule has 0 bridgehead atoms. The quantitative estimate of drug-likeness (QED) is 0.0366. The first-order chi connectivity index (χ1) is 57.5. The van der Waals surface area contributed by atoms with E-state index < -0.39 is 210 Å². The molecule has 0 aliphatic rings. The van der Waals surface area contributed by atoms with Gasteiger partial charge in [0.1, 0.15) is 0 Å². The number of rotatable bonds is 16. The number of hydrogen-bond donors (Lipinski definition) is 12. The molecule has 0 spiro atoms. The maximum Gasteiger partial charge on any atom is 2.00 e. The van der Waals surface area contributed by atoms with E-state index in [1.54, 1.807) is 56.4 Å². The second-order valence-electron chi connectivity index (χ2n) is 21.1. The zero-order chi connectivity index (χ0) is 106. The summed E-state index contributed by atoms with van der Waals surface area (Å²) >= 11 is 0. The summed E-state index contributed by atoms with van der Waals surface area (Å²) in [6.45, 7) is 13.0. The molecule has 0 heterocycles. The molecule has 0 fully saturated rings. The molecule has 4 amide bonds. The van der Waals surface area contributed by atoms with Crippen LogP contribution in [0.2, 0.25) is 0 Å². The van der Waals surface area contributed by atoms with Crippen molar-refractivity contribution in [2.45, 2.75) is 83.1 Å². The van der Waals surface area contributed by atoms with E-state index in [9.17, 15) is 138 Å². The minimum absolute atomic E-state index is 0. The third kappa shape index (κ3) is 228. The van der Waals surface area contributed by atoms with Crippen molar-refractivity contribution in [1.29, 1.82) is 0 Å². The van der Waals surface area contributed by atoms with E-state index in [1.807, 2.05) is 0 Å². The van der Waals surface area contributed by atoms with Gasteiger partial charge in [0.25, 0.3) is 71.6 Å². The van der Waals surface area contributed by atoms with Crippen LogP contribution in [0, 0.1) is 77.2 Å². The van der Waals surface area contributed by atoms with Crippen LogP contribution in [-0.4, -0.2) is 339 Å². The Morgan fingerprint density at radius 2 is 0.209 bits per heavy atom. The van der Waals surface area contributed by atoms with Gasteiger partial charge in [-0.2, -0.15) is 0 Å². The summed E-state index contributed by atoms with van der Waals surface area (Å²) in [5.41, 5.74) is -6.71. The number of amides is 4. The molecular formula is C72H100Cd3N4O58Tb2-10. The van der Waals surface area contributed by atoms with Crippen molar-refractivity contribution >= 4 is 169 Å². The number of carbonyl (C=O) groups is 28. The molecule has 0 aromatic heterocycles. The molecule has 0 aliphatic carbocycles. The van der Waals surface area contributed by atoms with Gasteiger partial charge < -0.3 is 233 Å². The fourth-order valence-corrected chi connectivity index (χ4v) is 3.92. The number of carboxylic acid groups (broad SMARTS) is 24. The minimum Gasteiger partial charge on any atom is -0.545 e. The zero-order valence-corrected chi connectivity index (χ0v) is 92.9. The molecule has 0 aliphatic heterocycles. The SMILES string of the molecule is CC(=O)O.CC(=O)O.CC(=O)O.CC(=O)O.CC(=O)O.CC(=O)O.CC(=O)O.CC(=O)O.CC(=O)O.CC(=O)O.CC(=O)O.CC(=O)O.CN(C)C=O.CN(C)C=O.CN(C)C=O.CN(C)C=O.O.O.O.O.O.O.O=C([O-])c1cc(C(=O)[O-])cc(C(=O)[O-])c1.O=C([O-])c1cc(C(=O)[O-])cc(C(=O)[O-])c1.O=C([O-])c1cc(C(=O)[O-])cc(C(=O)[O-])c1.O=C([O-])c1cc(C(=O)[O-])cc(C(=O)[O-])c1.[Cd+2].[Cd].[Cd].[Tb].[Tb]. The molecule has 0 saturated carbocycles. The van der Waals surface area contributed by atoms with Crippen LogP contribution in [0.15, 0.2) is 72.8 Å². The third-order valence-corrected chi connectivity index (χ3v) is 7.40. The molecular weight excluding hydrogens is 2500 g/mol. The molecule has 4 aromatic rings. The predicted molar refractivity (Wildman–Crippen MR) is 418 cm³/mol. The van der Waals surface area contributed by atoms with Crippen LogP contribution in [0.25, 0.3) is 0 Å². The van der Waals surface area contributed by atoms with E-state index in [0.29, 0.717) is 0 Å². The Morgan fingerprint density at radius 3 is 0.223 bits per heavy atom. The number of aliphatic carboxylic acids is 12. The first-order valence-corrected chi connectivity index (χ1v) is 31.5. The maximum absolute atomic E-state index is 10.4. The summed E-state index contributed by atoms with van der Waals surface area (Å²) in [6, 6.07) is 8.97. The van der Waals surface area contributed by atoms with Gasteiger partial charge in [0.15, 0.2) is 0 Å². The predicted octanol–water partition coefficient (Wildman–Crippen LogP) is -17.9. The van der Waals surface area contributed by atoms with Gasteiger partial charge >= 0.3 is 27.3 Å². The van der Waals surface area contributed by atoms with Crippen LogP contribution >= 0.6 is 0 Å². The van der Waals surface area contributed by atoms with Crippen molar-refractivity contribution < 1.29 is 449 Å². The molecule has 4 aromatic carbocycles. The average Bonchev–Trinajstić information content (AvgIpc) is 0.860. The standard InChI is InChI=1S/4C9H6O6.4C3H7NO.12C2H4O2.3Cd.6H2O.2Tb/c4*10-7(11)4-1-5(8(12)13)3-6(2-4)9(14)15;4*1-4(2)3-5;12*1-2(3)4;;;;;;;;;;;/h4*1-3H,(H,10,11)(H,12,13)(H,14,15);4*3H,1-2H3;12*1H3,(H,3,4);;;;6*1H2;;/q;;;;;;;;;;;;;;;;;;;;;;+2;;;;;;;;/p-12. The van der Waals surface area contributed by atoms with Crippen molar-refractivity contribution in [3.8, 4) is 0 Å². The molecule has 67 heteroatoms. The normalized spacial score (nSPS) is 7.28. The molecule has 62 nitrogen and oxygen atoms in total. The largest absolute Gasteiger partial charge is 2.00 e. The number of carboxylic acids is 24. The van der Waals surface area contributed by atoms with Crippen LogP contribution in [0.3, 0.4) is 0 Å². The second-order valence-corrected chi connectivity index (χ2v) is 21.1. The van der Waals surface area contributed by atoms with Gasteiger partial charge in [-0.1, -0.05) is 0 Å². The molecule has 0 atom stereocenters. The fourth-order valence-electron chi connectivity index (χ4n) is 3.92. The third-order valence-electron chi connectivity index (χ3n) is 7.40. The van der Waals surface area contributed by atoms with Crippen molar-refractivity contribution in [2.24, 2.45) is 0 Å². The first kappa shape index (κ1) is 201. The number of carbonyl (C=O) groups excluding carboxylic acids is 16.